The Kier molecular flexibility index (Phi) is 10.4. The molecule has 264 valence electrons. The standard InChI is InChI=1S/C46H33NO7/c1-2-42(48)52-26-8-7-25-51-37-22-19-34-27-36(18-17-35(34)28-37)46(50)54-41-24-21-32-10-4-6-12-39(32)44(41)43-38-11-5-3-9-31(38)20-23-40(43)53-45(49)33-15-13-30(29-47)14-16-33/h2-6,9-24,27-28H,1,7-8,25-26H2. The summed E-state index contributed by atoms with van der Waals surface area (Å²) in [4.78, 5) is 38.6. The van der Waals surface area contributed by atoms with Crippen molar-refractivity contribution in [2.24, 2.45) is 0 Å². The van der Waals surface area contributed by atoms with Gasteiger partial charge in [0.15, 0.2) is 0 Å². The third kappa shape index (κ3) is 7.66. The fraction of sp³-hybridized carbons (Fsp3) is 0.0870. The number of carbonyl (C=O) groups excluding carboxylic acids is 3. The zero-order chi connectivity index (χ0) is 37.4. The summed E-state index contributed by atoms with van der Waals surface area (Å²) in [6.07, 6.45) is 2.52. The van der Waals surface area contributed by atoms with E-state index in [0.717, 1.165) is 38.4 Å². The molecule has 7 rings (SSSR count). The van der Waals surface area contributed by atoms with Gasteiger partial charge in [-0.2, -0.15) is 5.26 Å². The Bertz CT molecular complexity index is 2600. The maximum absolute atomic E-state index is 13.9. The maximum atomic E-state index is 13.9. The van der Waals surface area contributed by atoms with E-state index in [1.54, 1.807) is 48.5 Å². The number of unbranched alkanes of at least 4 members (excludes halogenated alkanes) is 1. The van der Waals surface area contributed by atoms with E-state index in [-0.39, 0.29) is 11.3 Å². The van der Waals surface area contributed by atoms with Crippen LogP contribution in [0.15, 0.2) is 146 Å². The average molecular weight is 712 g/mol. The molecule has 0 radical (unpaired) electrons. The van der Waals surface area contributed by atoms with Crippen LogP contribution in [0.5, 0.6) is 17.2 Å². The molecule has 0 aliphatic carbocycles. The first-order valence-corrected chi connectivity index (χ1v) is 17.4. The highest BCUT2D eigenvalue weighted by Crippen LogP contribution is 2.46. The van der Waals surface area contributed by atoms with Crippen molar-refractivity contribution in [2.75, 3.05) is 13.2 Å². The van der Waals surface area contributed by atoms with E-state index in [1.165, 1.54) is 0 Å². The van der Waals surface area contributed by atoms with Crippen molar-refractivity contribution in [3.63, 3.8) is 0 Å². The zero-order valence-electron chi connectivity index (χ0n) is 29.1. The van der Waals surface area contributed by atoms with Gasteiger partial charge in [-0.05, 0) is 106 Å². The fourth-order valence-electron chi connectivity index (χ4n) is 6.25. The zero-order valence-corrected chi connectivity index (χ0v) is 29.1. The highest BCUT2D eigenvalue weighted by atomic mass is 16.5. The number of hydrogen-bond acceptors (Lipinski definition) is 8. The molecule has 7 aromatic rings. The van der Waals surface area contributed by atoms with Gasteiger partial charge in [-0.3, -0.25) is 0 Å². The molecular weight excluding hydrogens is 679 g/mol. The van der Waals surface area contributed by atoms with E-state index < -0.39 is 17.9 Å². The Morgan fingerprint density at radius 3 is 1.76 bits per heavy atom. The predicted molar refractivity (Wildman–Crippen MR) is 208 cm³/mol. The van der Waals surface area contributed by atoms with E-state index in [1.807, 2.05) is 84.9 Å². The van der Waals surface area contributed by atoms with E-state index in [2.05, 4.69) is 12.6 Å². The van der Waals surface area contributed by atoms with Crippen molar-refractivity contribution >= 4 is 50.2 Å². The summed E-state index contributed by atoms with van der Waals surface area (Å²) in [7, 11) is 0. The van der Waals surface area contributed by atoms with Gasteiger partial charge in [0.05, 0.1) is 36.0 Å². The SMILES string of the molecule is C=CC(=O)OCCCCOc1ccc2cc(C(=O)Oc3ccc4ccccc4c3-c3c(OC(=O)c4ccc(C#N)cc4)ccc4ccccc34)ccc2c1. The number of nitriles is 1. The molecule has 0 N–H and O–H groups in total. The van der Waals surface area contributed by atoms with Crippen LogP contribution in [-0.2, 0) is 9.53 Å². The highest BCUT2D eigenvalue weighted by molar-refractivity contribution is 6.11. The first-order chi connectivity index (χ1) is 26.4. The predicted octanol–water partition coefficient (Wildman–Crippen LogP) is 10.0. The maximum Gasteiger partial charge on any atom is 0.343 e. The number of esters is 3. The molecule has 0 atom stereocenters. The van der Waals surface area contributed by atoms with Crippen LogP contribution < -0.4 is 14.2 Å². The molecule has 54 heavy (non-hydrogen) atoms. The van der Waals surface area contributed by atoms with Crippen LogP contribution in [-0.4, -0.2) is 31.1 Å². The number of rotatable bonds is 12. The lowest BCUT2D eigenvalue weighted by Gasteiger charge is -2.19. The van der Waals surface area contributed by atoms with E-state index in [0.29, 0.717) is 59.8 Å². The lowest BCUT2D eigenvalue weighted by Crippen LogP contribution is -2.11. The minimum absolute atomic E-state index is 0.288. The van der Waals surface area contributed by atoms with Gasteiger partial charge in [0.2, 0.25) is 0 Å². The van der Waals surface area contributed by atoms with Crippen LogP contribution in [0.3, 0.4) is 0 Å². The van der Waals surface area contributed by atoms with E-state index in [9.17, 15) is 19.6 Å². The van der Waals surface area contributed by atoms with Gasteiger partial charge < -0.3 is 18.9 Å². The molecule has 0 unspecified atom stereocenters. The first kappa shape index (κ1) is 35.2. The van der Waals surface area contributed by atoms with Crippen molar-refractivity contribution in [2.45, 2.75) is 12.8 Å². The molecule has 8 nitrogen and oxygen atoms in total. The molecule has 7 aromatic carbocycles. The van der Waals surface area contributed by atoms with E-state index >= 15 is 0 Å². The second kappa shape index (κ2) is 16.0. The van der Waals surface area contributed by atoms with Crippen LogP contribution in [0, 0.1) is 11.3 Å². The summed E-state index contributed by atoms with van der Waals surface area (Å²) < 4.78 is 23.2. The summed E-state index contributed by atoms with van der Waals surface area (Å²) in [5.41, 5.74) is 2.27. The van der Waals surface area contributed by atoms with Crippen LogP contribution in [0.25, 0.3) is 43.4 Å². The average Bonchev–Trinajstić information content (AvgIpc) is 3.21. The number of hydrogen-bond donors (Lipinski definition) is 0. The molecule has 8 heteroatoms. The molecule has 0 spiro atoms. The minimum atomic E-state index is -0.592. The fourth-order valence-corrected chi connectivity index (χ4v) is 6.25. The molecule has 0 heterocycles. The van der Waals surface area contributed by atoms with Crippen molar-refractivity contribution in [1.82, 2.24) is 0 Å². The number of nitrogens with zero attached hydrogens (tertiary/aromatic N) is 1. The van der Waals surface area contributed by atoms with Gasteiger partial charge in [-0.1, -0.05) is 79.4 Å². The Hall–Kier alpha value is -7.24. The van der Waals surface area contributed by atoms with Crippen molar-refractivity contribution in [3.05, 3.63) is 163 Å². The van der Waals surface area contributed by atoms with Gasteiger partial charge in [0.25, 0.3) is 0 Å². The molecule has 0 saturated carbocycles. The second-order valence-electron chi connectivity index (χ2n) is 12.4. The third-order valence-corrected chi connectivity index (χ3v) is 8.95. The van der Waals surface area contributed by atoms with Gasteiger partial charge in [-0.25, -0.2) is 14.4 Å². The van der Waals surface area contributed by atoms with Crippen LogP contribution in [0.4, 0.5) is 0 Å². The first-order valence-electron chi connectivity index (χ1n) is 17.4. The molecule has 0 saturated heterocycles. The Morgan fingerprint density at radius 1 is 0.593 bits per heavy atom. The van der Waals surface area contributed by atoms with Crippen LogP contribution in [0.2, 0.25) is 0 Å². The normalized spacial score (nSPS) is 10.8. The molecule has 0 aliphatic heterocycles. The van der Waals surface area contributed by atoms with Crippen LogP contribution >= 0.6 is 0 Å². The number of fused-ring (bicyclic) bond motifs is 3. The van der Waals surface area contributed by atoms with Crippen LogP contribution in [0.1, 0.15) is 39.1 Å². The van der Waals surface area contributed by atoms with E-state index in [4.69, 9.17) is 18.9 Å². The highest BCUT2D eigenvalue weighted by Gasteiger charge is 2.23. The molecule has 0 bridgehead atoms. The molecular formula is C46H33NO7. The summed E-state index contributed by atoms with van der Waals surface area (Å²) in [5, 5.41) is 14.4. The largest absolute Gasteiger partial charge is 0.494 e. The van der Waals surface area contributed by atoms with Gasteiger partial charge in [-0.15, -0.1) is 0 Å². The quantitative estimate of drug-likeness (QED) is 0.0533. The monoisotopic (exact) mass is 711 g/mol. The third-order valence-electron chi connectivity index (χ3n) is 8.95. The van der Waals surface area contributed by atoms with Crippen molar-refractivity contribution in [3.8, 4) is 34.4 Å². The van der Waals surface area contributed by atoms with Gasteiger partial charge in [0, 0.05) is 17.2 Å². The topological polar surface area (TPSA) is 112 Å². The van der Waals surface area contributed by atoms with Gasteiger partial charge in [0.1, 0.15) is 17.2 Å². The smallest absolute Gasteiger partial charge is 0.343 e. The minimum Gasteiger partial charge on any atom is -0.494 e. The summed E-state index contributed by atoms with van der Waals surface area (Å²) in [5.74, 6) is -0.309. The molecule has 0 aromatic heterocycles. The summed E-state index contributed by atoms with van der Waals surface area (Å²) in [6.45, 7) is 4.15. The van der Waals surface area contributed by atoms with Crippen molar-refractivity contribution < 1.29 is 33.3 Å². The molecule has 0 fully saturated rings. The lowest BCUT2D eigenvalue weighted by atomic mass is 9.92. The van der Waals surface area contributed by atoms with Gasteiger partial charge >= 0.3 is 17.9 Å². The lowest BCUT2D eigenvalue weighted by molar-refractivity contribution is -0.137. The van der Waals surface area contributed by atoms with Crippen molar-refractivity contribution in [1.29, 1.82) is 5.26 Å². The summed E-state index contributed by atoms with van der Waals surface area (Å²) in [6, 6.07) is 42.1. The summed E-state index contributed by atoms with van der Waals surface area (Å²) >= 11 is 0. The Morgan fingerprint density at radius 2 is 1.13 bits per heavy atom. The molecule has 0 aliphatic rings. The number of carbonyl (C=O) groups is 3. The number of ether oxygens (including phenoxy) is 4. The molecule has 0 amide bonds. The second-order valence-corrected chi connectivity index (χ2v) is 12.4. The Labute approximate surface area is 311 Å². The Balaban J connectivity index is 1.19. The number of benzene rings is 7.